The lowest BCUT2D eigenvalue weighted by Gasteiger charge is -2.25. The van der Waals surface area contributed by atoms with Crippen molar-refractivity contribution in [1.82, 2.24) is 4.31 Å². The van der Waals surface area contributed by atoms with Crippen LogP contribution in [0.3, 0.4) is 0 Å². The Balaban J connectivity index is 3.03. The number of benzene rings is 1. The first-order chi connectivity index (χ1) is 8.55. The lowest BCUT2D eigenvalue weighted by molar-refractivity contribution is 0.355. The van der Waals surface area contributed by atoms with Crippen LogP contribution in [0, 0.1) is 11.3 Å². The van der Waals surface area contributed by atoms with Crippen LogP contribution < -0.4 is 0 Å². The lowest BCUT2D eigenvalue weighted by Crippen LogP contribution is -2.39. The molecule has 0 aliphatic rings. The molecule has 0 saturated heterocycles. The van der Waals surface area contributed by atoms with Crippen LogP contribution >= 0.6 is 0 Å². The van der Waals surface area contributed by atoms with Crippen LogP contribution in [-0.2, 0) is 16.6 Å². The van der Waals surface area contributed by atoms with Crippen LogP contribution in [0.5, 0.6) is 0 Å². The second-order valence-corrected chi connectivity index (χ2v) is 6.19. The summed E-state index contributed by atoms with van der Waals surface area (Å²) >= 11 is 0. The van der Waals surface area contributed by atoms with E-state index in [-0.39, 0.29) is 12.3 Å². The van der Waals surface area contributed by atoms with Gasteiger partial charge in [-0.05, 0) is 18.9 Å². The van der Waals surface area contributed by atoms with Gasteiger partial charge in [0, 0.05) is 6.54 Å². The van der Waals surface area contributed by atoms with Gasteiger partial charge in [-0.25, -0.2) is 8.42 Å². The van der Waals surface area contributed by atoms with Gasteiger partial charge in [0.1, 0.15) is 6.04 Å². The Bertz CT molecular complexity index is 506. The van der Waals surface area contributed by atoms with Crippen molar-refractivity contribution in [2.24, 2.45) is 0 Å². The molecule has 0 bridgehead atoms. The Labute approximate surface area is 109 Å². The lowest BCUT2D eigenvalue weighted by atomic mass is 10.2. The van der Waals surface area contributed by atoms with Gasteiger partial charge in [0.05, 0.1) is 11.8 Å². The molecule has 1 unspecified atom stereocenters. The molecular weight excluding hydrogens is 248 g/mol. The van der Waals surface area contributed by atoms with E-state index in [9.17, 15) is 8.42 Å². The third-order valence-corrected chi connectivity index (χ3v) is 4.61. The third-order valence-electron chi connectivity index (χ3n) is 2.79. The molecule has 0 amide bonds. The second kappa shape index (κ2) is 6.53. The van der Waals surface area contributed by atoms with Crippen LogP contribution in [0.4, 0.5) is 0 Å². The number of nitriles is 1. The van der Waals surface area contributed by atoms with E-state index in [0.717, 1.165) is 5.56 Å². The summed E-state index contributed by atoms with van der Waals surface area (Å²) in [5.41, 5.74) is 0.892. The Hall–Kier alpha value is -1.38. The summed E-state index contributed by atoms with van der Waals surface area (Å²) in [5, 5.41) is 9.08. The number of sulfonamides is 1. The van der Waals surface area contributed by atoms with Crippen molar-refractivity contribution in [3.8, 4) is 6.07 Å². The number of hydrogen-bond acceptors (Lipinski definition) is 3. The Morgan fingerprint density at radius 2 is 1.89 bits per heavy atom. The second-order valence-electron chi connectivity index (χ2n) is 3.98. The Morgan fingerprint density at radius 1 is 1.28 bits per heavy atom. The maximum absolute atomic E-state index is 12.0. The molecule has 98 valence electrons. The van der Waals surface area contributed by atoms with Crippen LogP contribution in [0.1, 0.15) is 25.8 Å². The number of rotatable bonds is 6. The first-order valence-corrected chi connectivity index (χ1v) is 7.59. The van der Waals surface area contributed by atoms with Crippen molar-refractivity contribution in [2.45, 2.75) is 32.9 Å². The van der Waals surface area contributed by atoms with Gasteiger partial charge < -0.3 is 0 Å². The van der Waals surface area contributed by atoms with E-state index in [1.54, 1.807) is 6.92 Å². The summed E-state index contributed by atoms with van der Waals surface area (Å²) in [5.74, 6) is 0.0119. The van der Waals surface area contributed by atoms with Crippen molar-refractivity contribution in [3.05, 3.63) is 35.9 Å². The highest BCUT2D eigenvalue weighted by atomic mass is 32.2. The highest BCUT2D eigenvalue weighted by Crippen LogP contribution is 2.15. The highest BCUT2D eigenvalue weighted by molar-refractivity contribution is 7.89. The number of hydrogen-bond donors (Lipinski definition) is 0. The molecule has 0 heterocycles. The molecule has 0 radical (unpaired) electrons. The van der Waals surface area contributed by atoms with E-state index in [0.29, 0.717) is 6.42 Å². The molecule has 0 aliphatic heterocycles. The van der Waals surface area contributed by atoms with Gasteiger partial charge in [-0.1, -0.05) is 37.3 Å². The maximum atomic E-state index is 12.0. The van der Waals surface area contributed by atoms with E-state index in [4.69, 9.17) is 5.26 Å². The van der Waals surface area contributed by atoms with Gasteiger partial charge in [0.2, 0.25) is 10.0 Å². The molecule has 18 heavy (non-hydrogen) atoms. The average molecular weight is 266 g/mol. The maximum Gasteiger partial charge on any atom is 0.215 e. The van der Waals surface area contributed by atoms with Crippen LogP contribution in [0.15, 0.2) is 30.3 Å². The Kier molecular flexibility index (Phi) is 5.32. The van der Waals surface area contributed by atoms with E-state index >= 15 is 0 Å². The van der Waals surface area contributed by atoms with Crippen molar-refractivity contribution in [2.75, 3.05) is 5.75 Å². The molecule has 5 heteroatoms. The molecule has 0 aromatic heterocycles. The zero-order valence-corrected chi connectivity index (χ0v) is 11.5. The van der Waals surface area contributed by atoms with Gasteiger partial charge in [-0.2, -0.15) is 9.57 Å². The fourth-order valence-corrected chi connectivity index (χ4v) is 2.95. The average Bonchev–Trinajstić information content (AvgIpc) is 2.40. The zero-order valence-electron chi connectivity index (χ0n) is 10.7. The molecule has 0 fully saturated rings. The standard InChI is InChI=1S/C13H18N2O2S/c1-3-13(10-14)15(18(16,17)4-2)11-12-8-6-5-7-9-12/h5-9,13H,3-4,11H2,1-2H3. The molecule has 4 nitrogen and oxygen atoms in total. The minimum Gasteiger partial charge on any atom is -0.212 e. The van der Waals surface area contributed by atoms with E-state index < -0.39 is 16.1 Å². The van der Waals surface area contributed by atoms with Crippen molar-refractivity contribution >= 4 is 10.0 Å². The normalized spacial score (nSPS) is 13.2. The minimum atomic E-state index is -3.37. The van der Waals surface area contributed by atoms with Gasteiger partial charge in [0.15, 0.2) is 0 Å². The first-order valence-electron chi connectivity index (χ1n) is 5.98. The van der Waals surface area contributed by atoms with E-state index in [1.165, 1.54) is 4.31 Å². The van der Waals surface area contributed by atoms with Gasteiger partial charge in [-0.3, -0.25) is 0 Å². The summed E-state index contributed by atoms with van der Waals surface area (Å²) in [7, 11) is -3.37. The molecule has 0 saturated carbocycles. The van der Waals surface area contributed by atoms with Crippen molar-refractivity contribution < 1.29 is 8.42 Å². The minimum absolute atomic E-state index is 0.0119. The zero-order chi connectivity index (χ0) is 13.6. The topological polar surface area (TPSA) is 61.2 Å². The highest BCUT2D eigenvalue weighted by Gasteiger charge is 2.27. The number of nitrogens with zero attached hydrogens (tertiary/aromatic N) is 2. The monoisotopic (exact) mass is 266 g/mol. The molecule has 0 N–H and O–H groups in total. The quantitative estimate of drug-likeness (QED) is 0.792. The summed E-state index contributed by atoms with van der Waals surface area (Å²) < 4.78 is 25.4. The van der Waals surface area contributed by atoms with E-state index in [2.05, 4.69) is 6.07 Å². The summed E-state index contributed by atoms with van der Waals surface area (Å²) in [6.45, 7) is 3.66. The molecule has 0 spiro atoms. The van der Waals surface area contributed by atoms with Crippen molar-refractivity contribution in [1.29, 1.82) is 5.26 Å². The smallest absolute Gasteiger partial charge is 0.212 e. The van der Waals surface area contributed by atoms with E-state index in [1.807, 2.05) is 37.3 Å². The van der Waals surface area contributed by atoms with Gasteiger partial charge in [-0.15, -0.1) is 0 Å². The van der Waals surface area contributed by atoms with Gasteiger partial charge in [0.25, 0.3) is 0 Å². The fraction of sp³-hybridized carbons (Fsp3) is 0.462. The summed E-state index contributed by atoms with van der Waals surface area (Å²) in [6.07, 6.45) is 0.489. The fourth-order valence-electron chi connectivity index (χ4n) is 1.69. The summed E-state index contributed by atoms with van der Waals surface area (Å²) in [6, 6.07) is 10.8. The molecule has 1 aromatic rings. The largest absolute Gasteiger partial charge is 0.215 e. The predicted octanol–water partition coefficient (Wildman–Crippen LogP) is 2.14. The molecule has 1 aromatic carbocycles. The van der Waals surface area contributed by atoms with Crippen LogP contribution in [0.25, 0.3) is 0 Å². The van der Waals surface area contributed by atoms with Crippen LogP contribution in [-0.4, -0.2) is 24.5 Å². The molecule has 1 rings (SSSR count). The first kappa shape index (κ1) is 14.7. The third kappa shape index (κ3) is 3.56. The SMILES string of the molecule is CCC(C#N)N(Cc1ccccc1)S(=O)(=O)CC. The molecule has 1 atom stereocenters. The van der Waals surface area contributed by atoms with Gasteiger partial charge >= 0.3 is 0 Å². The predicted molar refractivity (Wildman–Crippen MR) is 71.1 cm³/mol. The summed E-state index contributed by atoms with van der Waals surface area (Å²) in [4.78, 5) is 0. The van der Waals surface area contributed by atoms with Crippen LogP contribution in [0.2, 0.25) is 0 Å². The Morgan fingerprint density at radius 3 is 2.33 bits per heavy atom. The molecular formula is C13H18N2O2S. The molecule has 0 aliphatic carbocycles. The van der Waals surface area contributed by atoms with Crippen molar-refractivity contribution in [3.63, 3.8) is 0 Å².